The van der Waals surface area contributed by atoms with Gasteiger partial charge in [-0.25, -0.2) is 0 Å². The van der Waals surface area contributed by atoms with Gasteiger partial charge in [0.15, 0.2) is 0 Å². The predicted octanol–water partition coefficient (Wildman–Crippen LogP) is 2.36. The van der Waals surface area contributed by atoms with Crippen LogP contribution in [0.3, 0.4) is 0 Å². The van der Waals surface area contributed by atoms with E-state index in [0.29, 0.717) is 0 Å². The lowest BCUT2D eigenvalue weighted by Crippen LogP contribution is -2.24. The maximum Gasteiger partial charge on any atom is 0.250 e. The van der Waals surface area contributed by atoms with Crippen LogP contribution in [0.2, 0.25) is 0 Å². The third-order valence-corrected chi connectivity index (χ3v) is 3.00. The minimum absolute atomic E-state index is 0.0549. The Balaban J connectivity index is 1.94. The Morgan fingerprint density at radius 3 is 3.11 bits per heavy atom. The van der Waals surface area contributed by atoms with Gasteiger partial charge in [0.25, 0.3) is 5.56 Å². The maximum absolute atomic E-state index is 11.6. The van der Waals surface area contributed by atoms with Crippen molar-refractivity contribution in [3.8, 4) is 0 Å². The monoisotopic (exact) mass is 248 g/mol. The molecule has 2 rings (SSSR count). The van der Waals surface area contributed by atoms with Crippen molar-refractivity contribution in [2.75, 3.05) is 11.9 Å². The van der Waals surface area contributed by atoms with Gasteiger partial charge in [0.2, 0.25) is 0 Å². The van der Waals surface area contributed by atoms with E-state index in [-0.39, 0.29) is 11.7 Å². The first kappa shape index (κ1) is 12.7. The molecule has 0 amide bonds. The van der Waals surface area contributed by atoms with Gasteiger partial charge in [0.1, 0.15) is 6.10 Å². The van der Waals surface area contributed by atoms with Crippen molar-refractivity contribution < 1.29 is 4.74 Å². The Hall–Kier alpha value is -1.71. The molecule has 1 aromatic rings. The molecule has 1 unspecified atom stereocenters. The molecule has 1 aromatic heterocycles. The number of pyridine rings is 1. The molecular weight excluding hydrogens is 228 g/mol. The summed E-state index contributed by atoms with van der Waals surface area (Å²) in [6.45, 7) is 3.60. The lowest BCUT2D eigenvalue weighted by Gasteiger charge is -2.20. The number of hydrogen-bond donors (Lipinski definition) is 1. The van der Waals surface area contributed by atoms with Crippen molar-refractivity contribution in [2.45, 2.75) is 38.8 Å². The van der Waals surface area contributed by atoms with Crippen LogP contribution in [0.4, 0.5) is 5.69 Å². The van der Waals surface area contributed by atoms with Gasteiger partial charge in [0, 0.05) is 18.8 Å². The topological polar surface area (TPSA) is 43.3 Å². The molecule has 0 spiro atoms. The zero-order valence-electron chi connectivity index (χ0n) is 10.8. The number of hydrogen-bond acceptors (Lipinski definition) is 3. The van der Waals surface area contributed by atoms with Gasteiger partial charge in [-0.1, -0.05) is 6.92 Å². The Morgan fingerprint density at radius 2 is 2.39 bits per heavy atom. The Morgan fingerprint density at radius 1 is 1.50 bits per heavy atom. The average Bonchev–Trinajstić information content (AvgIpc) is 2.41. The molecule has 0 saturated heterocycles. The highest BCUT2D eigenvalue weighted by Gasteiger charge is 2.10. The fourth-order valence-electron chi connectivity index (χ4n) is 2.02. The number of allylic oxidation sites excluding steroid dienone is 1. The summed E-state index contributed by atoms with van der Waals surface area (Å²) in [5.74, 6) is 0. The molecule has 98 valence electrons. The molecule has 0 aromatic carbocycles. The highest BCUT2D eigenvalue weighted by atomic mass is 16.5. The van der Waals surface area contributed by atoms with Crippen molar-refractivity contribution in [1.29, 1.82) is 0 Å². The zero-order valence-corrected chi connectivity index (χ0v) is 10.8. The van der Waals surface area contributed by atoms with E-state index < -0.39 is 0 Å². The highest BCUT2D eigenvalue weighted by Crippen LogP contribution is 2.11. The van der Waals surface area contributed by atoms with Crippen LogP contribution in [0, 0.1) is 0 Å². The molecule has 4 heteroatoms. The molecule has 18 heavy (non-hydrogen) atoms. The molecule has 1 aliphatic rings. The summed E-state index contributed by atoms with van der Waals surface area (Å²) in [7, 11) is 0. The van der Waals surface area contributed by atoms with Gasteiger partial charge in [-0.3, -0.25) is 4.79 Å². The second kappa shape index (κ2) is 6.28. The van der Waals surface area contributed by atoms with Gasteiger partial charge in [0.05, 0.1) is 18.5 Å². The fraction of sp³-hybridized carbons (Fsp3) is 0.500. The summed E-state index contributed by atoms with van der Waals surface area (Å²) in [6, 6.07) is 3.44. The summed E-state index contributed by atoms with van der Waals surface area (Å²) >= 11 is 0. The fourth-order valence-corrected chi connectivity index (χ4v) is 2.02. The summed E-state index contributed by atoms with van der Waals surface area (Å²) in [4.78, 5) is 11.6. The quantitative estimate of drug-likeness (QED) is 0.870. The lowest BCUT2D eigenvalue weighted by atomic mass is 10.1. The first-order valence-electron chi connectivity index (χ1n) is 6.54. The van der Waals surface area contributed by atoms with Gasteiger partial charge >= 0.3 is 0 Å². The summed E-state index contributed by atoms with van der Waals surface area (Å²) in [6.07, 6.45) is 8.98. The molecule has 0 saturated carbocycles. The standard InChI is InChI=1S/C14H20N2O2/c1-2-8-16-11-12(6-7-14(16)17)15-10-13-5-3-4-9-18-13/h4,6-7,9,11,13,15H,2-3,5,8,10H2,1H3. The van der Waals surface area contributed by atoms with Crippen molar-refractivity contribution >= 4 is 5.69 Å². The van der Waals surface area contributed by atoms with Gasteiger partial charge in [-0.05, 0) is 31.4 Å². The van der Waals surface area contributed by atoms with Crippen LogP contribution in [0.1, 0.15) is 26.2 Å². The highest BCUT2D eigenvalue weighted by molar-refractivity contribution is 5.40. The molecule has 1 aliphatic heterocycles. The van der Waals surface area contributed by atoms with Crippen LogP contribution in [-0.4, -0.2) is 17.2 Å². The molecule has 0 bridgehead atoms. The molecule has 0 fully saturated rings. The van der Waals surface area contributed by atoms with Crippen LogP contribution in [0.15, 0.2) is 35.5 Å². The number of aryl methyl sites for hydroxylation is 1. The molecule has 1 atom stereocenters. The van der Waals surface area contributed by atoms with Crippen molar-refractivity contribution in [1.82, 2.24) is 4.57 Å². The van der Waals surface area contributed by atoms with Crippen LogP contribution in [-0.2, 0) is 11.3 Å². The van der Waals surface area contributed by atoms with Gasteiger partial charge in [-0.2, -0.15) is 0 Å². The van der Waals surface area contributed by atoms with Crippen LogP contribution in [0.25, 0.3) is 0 Å². The first-order valence-corrected chi connectivity index (χ1v) is 6.54. The third kappa shape index (κ3) is 3.39. The molecule has 2 heterocycles. The second-order valence-electron chi connectivity index (χ2n) is 4.54. The Kier molecular flexibility index (Phi) is 4.45. The van der Waals surface area contributed by atoms with E-state index in [2.05, 4.69) is 12.2 Å². The molecule has 4 nitrogen and oxygen atoms in total. The number of rotatable bonds is 5. The third-order valence-electron chi connectivity index (χ3n) is 3.00. The van der Waals surface area contributed by atoms with E-state index in [0.717, 1.165) is 38.0 Å². The van der Waals surface area contributed by atoms with E-state index in [1.807, 2.05) is 18.3 Å². The lowest BCUT2D eigenvalue weighted by molar-refractivity contribution is 0.135. The summed E-state index contributed by atoms with van der Waals surface area (Å²) in [5, 5.41) is 3.32. The molecule has 1 N–H and O–H groups in total. The molecule has 0 radical (unpaired) electrons. The van der Waals surface area contributed by atoms with Crippen molar-refractivity contribution in [3.05, 3.63) is 41.0 Å². The summed E-state index contributed by atoms with van der Waals surface area (Å²) in [5.41, 5.74) is 1.03. The average molecular weight is 248 g/mol. The SMILES string of the molecule is CCCn1cc(NCC2CCC=CO2)ccc1=O. The summed E-state index contributed by atoms with van der Waals surface area (Å²) < 4.78 is 7.23. The largest absolute Gasteiger partial charge is 0.497 e. The van der Waals surface area contributed by atoms with E-state index >= 15 is 0 Å². The maximum atomic E-state index is 11.6. The minimum atomic E-state index is 0.0549. The molecule has 0 aliphatic carbocycles. The number of nitrogens with zero attached hydrogens (tertiary/aromatic N) is 1. The Bertz CT molecular complexity index is 465. The van der Waals surface area contributed by atoms with Crippen LogP contribution >= 0.6 is 0 Å². The normalized spacial score (nSPS) is 18.4. The number of aromatic nitrogens is 1. The number of ether oxygens (including phenoxy) is 1. The molecular formula is C14H20N2O2. The van der Waals surface area contributed by atoms with E-state index in [1.165, 1.54) is 0 Å². The smallest absolute Gasteiger partial charge is 0.250 e. The van der Waals surface area contributed by atoms with Gasteiger partial charge in [-0.15, -0.1) is 0 Å². The Labute approximate surface area is 107 Å². The zero-order chi connectivity index (χ0) is 12.8. The van der Waals surface area contributed by atoms with Gasteiger partial charge < -0.3 is 14.6 Å². The second-order valence-corrected chi connectivity index (χ2v) is 4.54. The van der Waals surface area contributed by atoms with E-state index in [4.69, 9.17) is 4.74 Å². The van der Waals surface area contributed by atoms with Crippen molar-refractivity contribution in [2.24, 2.45) is 0 Å². The number of nitrogens with one attached hydrogen (secondary N) is 1. The predicted molar refractivity (Wildman–Crippen MR) is 72.7 cm³/mol. The van der Waals surface area contributed by atoms with Crippen molar-refractivity contribution in [3.63, 3.8) is 0 Å². The minimum Gasteiger partial charge on any atom is -0.497 e. The number of anilines is 1. The first-order chi connectivity index (χ1) is 8.79. The van der Waals surface area contributed by atoms with Crippen LogP contribution < -0.4 is 10.9 Å². The van der Waals surface area contributed by atoms with E-state index in [9.17, 15) is 4.79 Å². The van der Waals surface area contributed by atoms with E-state index in [1.54, 1.807) is 16.9 Å². The van der Waals surface area contributed by atoms with Crippen LogP contribution in [0.5, 0.6) is 0 Å².